The Balaban J connectivity index is 2.16. The SMILES string of the molecule is Cc1cccc(C(CNC(C)C)Cc2ccccc2)c1. The van der Waals surface area contributed by atoms with Gasteiger partial charge in [-0.05, 0) is 24.5 Å². The summed E-state index contributed by atoms with van der Waals surface area (Å²) < 4.78 is 0. The molecule has 1 heteroatoms. The Kier molecular flexibility index (Phi) is 5.37. The van der Waals surface area contributed by atoms with Gasteiger partial charge >= 0.3 is 0 Å². The van der Waals surface area contributed by atoms with E-state index in [-0.39, 0.29) is 0 Å². The van der Waals surface area contributed by atoms with Crippen molar-refractivity contribution in [3.63, 3.8) is 0 Å². The van der Waals surface area contributed by atoms with Crippen molar-refractivity contribution >= 4 is 0 Å². The highest BCUT2D eigenvalue weighted by Gasteiger charge is 2.13. The summed E-state index contributed by atoms with van der Waals surface area (Å²) in [5.41, 5.74) is 4.18. The third-order valence-corrected chi connectivity index (χ3v) is 3.61. The molecule has 0 spiro atoms. The molecule has 1 unspecified atom stereocenters. The average Bonchev–Trinajstić information content (AvgIpc) is 2.44. The number of aryl methyl sites for hydroxylation is 1. The van der Waals surface area contributed by atoms with Crippen LogP contribution in [-0.2, 0) is 6.42 Å². The molecule has 1 nitrogen and oxygen atoms in total. The van der Waals surface area contributed by atoms with Crippen LogP contribution in [0.4, 0.5) is 0 Å². The molecule has 2 rings (SSSR count). The van der Waals surface area contributed by atoms with E-state index in [0.29, 0.717) is 12.0 Å². The summed E-state index contributed by atoms with van der Waals surface area (Å²) in [5, 5.41) is 3.58. The predicted octanol–water partition coefficient (Wildman–Crippen LogP) is 4.32. The standard InChI is InChI=1S/C19H25N/c1-15(2)20-14-19(13-17-9-5-4-6-10-17)18-11-7-8-16(3)12-18/h4-12,15,19-20H,13-14H2,1-3H3. The molecule has 0 aliphatic rings. The van der Waals surface area contributed by atoms with E-state index < -0.39 is 0 Å². The monoisotopic (exact) mass is 267 g/mol. The van der Waals surface area contributed by atoms with E-state index in [1.54, 1.807) is 0 Å². The summed E-state index contributed by atoms with van der Waals surface area (Å²) in [6.07, 6.45) is 1.09. The van der Waals surface area contributed by atoms with Crippen molar-refractivity contribution in [2.24, 2.45) is 0 Å². The van der Waals surface area contributed by atoms with E-state index in [2.05, 4.69) is 80.7 Å². The molecule has 0 saturated carbocycles. The lowest BCUT2D eigenvalue weighted by atomic mass is 9.91. The Bertz CT molecular complexity index is 516. The second-order valence-corrected chi connectivity index (χ2v) is 5.86. The molecule has 0 aliphatic heterocycles. The highest BCUT2D eigenvalue weighted by Crippen LogP contribution is 2.21. The first-order valence-electron chi connectivity index (χ1n) is 7.49. The molecular formula is C19H25N. The fraction of sp³-hybridized carbons (Fsp3) is 0.368. The molecule has 20 heavy (non-hydrogen) atoms. The lowest BCUT2D eigenvalue weighted by Gasteiger charge is -2.20. The van der Waals surface area contributed by atoms with Gasteiger partial charge in [0.2, 0.25) is 0 Å². The molecular weight excluding hydrogens is 242 g/mol. The lowest BCUT2D eigenvalue weighted by Crippen LogP contribution is -2.29. The smallest absolute Gasteiger partial charge is 0.00257 e. The van der Waals surface area contributed by atoms with Crippen molar-refractivity contribution < 1.29 is 0 Å². The Morgan fingerprint density at radius 2 is 1.70 bits per heavy atom. The van der Waals surface area contributed by atoms with Crippen LogP contribution in [-0.4, -0.2) is 12.6 Å². The van der Waals surface area contributed by atoms with Gasteiger partial charge in [0, 0.05) is 18.5 Å². The summed E-state index contributed by atoms with van der Waals surface area (Å²) in [4.78, 5) is 0. The predicted molar refractivity (Wildman–Crippen MR) is 87.2 cm³/mol. The van der Waals surface area contributed by atoms with Crippen LogP contribution in [0.15, 0.2) is 54.6 Å². The zero-order valence-corrected chi connectivity index (χ0v) is 12.8. The number of hydrogen-bond acceptors (Lipinski definition) is 1. The van der Waals surface area contributed by atoms with E-state index in [4.69, 9.17) is 0 Å². The van der Waals surface area contributed by atoms with Crippen molar-refractivity contribution in [1.82, 2.24) is 5.32 Å². The molecule has 0 fully saturated rings. The largest absolute Gasteiger partial charge is 0.314 e. The van der Waals surface area contributed by atoms with Gasteiger partial charge in [0.15, 0.2) is 0 Å². The van der Waals surface area contributed by atoms with E-state index in [1.807, 2.05) is 0 Å². The Morgan fingerprint density at radius 1 is 0.950 bits per heavy atom. The fourth-order valence-corrected chi connectivity index (χ4v) is 2.51. The molecule has 0 heterocycles. The summed E-state index contributed by atoms with van der Waals surface area (Å²) >= 11 is 0. The van der Waals surface area contributed by atoms with Crippen LogP contribution < -0.4 is 5.32 Å². The zero-order valence-electron chi connectivity index (χ0n) is 12.8. The number of hydrogen-bond donors (Lipinski definition) is 1. The molecule has 0 aromatic heterocycles. The van der Waals surface area contributed by atoms with Gasteiger partial charge in [0.25, 0.3) is 0 Å². The normalized spacial score (nSPS) is 12.6. The Hall–Kier alpha value is -1.60. The van der Waals surface area contributed by atoms with Gasteiger partial charge < -0.3 is 5.32 Å². The van der Waals surface area contributed by atoms with Crippen molar-refractivity contribution in [1.29, 1.82) is 0 Å². The molecule has 2 aromatic carbocycles. The quantitative estimate of drug-likeness (QED) is 0.822. The van der Waals surface area contributed by atoms with Gasteiger partial charge in [0.05, 0.1) is 0 Å². The Morgan fingerprint density at radius 3 is 2.35 bits per heavy atom. The minimum absolute atomic E-state index is 0.526. The minimum Gasteiger partial charge on any atom is -0.314 e. The van der Waals surface area contributed by atoms with Crippen molar-refractivity contribution in [3.05, 3.63) is 71.3 Å². The first-order valence-corrected chi connectivity index (χ1v) is 7.49. The zero-order chi connectivity index (χ0) is 14.4. The van der Waals surface area contributed by atoms with E-state index in [9.17, 15) is 0 Å². The molecule has 2 aromatic rings. The van der Waals surface area contributed by atoms with Gasteiger partial charge in [-0.1, -0.05) is 74.0 Å². The highest BCUT2D eigenvalue weighted by atomic mass is 14.9. The van der Waals surface area contributed by atoms with Gasteiger partial charge in [-0.15, -0.1) is 0 Å². The summed E-state index contributed by atoms with van der Waals surface area (Å²) in [6, 6.07) is 20.2. The van der Waals surface area contributed by atoms with E-state index >= 15 is 0 Å². The van der Waals surface area contributed by atoms with Gasteiger partial charge in [-0.3, -0.25) is 0 Å². The molecule has 0 bridgehead atoms. The Labute approximate surface area is 123 Å². The maximum Gasteiger partial charge on any atom is 0.00257 e. The second-order valence-electron chi connectivity index (χ2n) is 5.86. The maximum absolute atomic E-state index is 3.58. The third-order valence-electron chi connectivity index (χ3n) is 3.61. The molecule has 0 radical (unpaired) electrons. The second kappa shape index (κ2) is 7.25. The van der Waals surface area contributed by atoms with Crippen LogP contribution in [0.25, 0.3) is 0 Å². The van der Waals surface area contributed by atoms with Gasteiger partial charge in [0.1, 0.15) is 0 Å². The number of benzene rings is 2. The summed E-state index contributed by atoms with van der Waals surface area (Å²) in [7, 11) is 0. The van der Waals surface area contributed by atoms with Crippen LogP contribution in [0.3, 0.4) is 0 Å². The number of rotatable bonds is 6. The minimum atomic E-state index is 0.526. The van der Waals surface area contributed by atoms with Crippen LogP contribution in [0.5, 0.6) is 0 Å². The molecule has 0 saturated heterocycles. The summed E-state index contributed by atoms with van der Waals surface area (Å²) in [5.74, 6) is 0.528. The molecule has 0 aliphatic carbocycles. The van der Waals surface area contributed by atoms with Crippen LogP contribution in [0.1, 0.15) is 36.5 Å². The first-order chi connectivity index (χ1) is 9.65. The maximum atomic E-state index is 3.58. The molecule has 106 valence electrons. The van der Waals surface area contributed by atoms with E-state index in [0.717, 1.165) is 13.0 Å². The van der Waals surface area contributed by atoms with E-state index in [1.165, 1.54) is 16.7 Å². The van der Waals surface area contributed by atoms with Crippen LogP contribution in [0.2, 0.25) is 0 Å². The average molecular weight is 267 g/mol. The highest BCUT2D eigenvalue weighted by molar-refractivity contribution is 5.28. The first kappa shape index (κ1) is 14.8. The topological polar surface area (TPSA) is 12.0 Å². The lowest BCUT2D eigenvalue weighted by molar-refractivity contribution is 0.526. The molecule has 1 atom stereocenters. The van der Waals surface area contributed by atoms with Crippen LogP contribution in [0, 0.1) is 6.92 Å². The van der Waals surface area contributed by atoms with Crippen molar-refractivity contribution in [3.8, 4) is 0 Å². The fourth-order valence-electron chi connectivity index (χ4n) is 2.51. The van der Waals surface area contributed by atoms with Crippen molar-refractivity contribution in [2.45, 2.75) is 39.2 Å². The van der Waals surface area contributed by atoms with Crippen molar-refractivity contribution in [2.75, 3.05) is 6.54 Å². The van der Waals surface area contributed by atoms with Crippen LogP contribution >= 0.6 is 0 Å². The molecule has 1 N–H and O–H groups in total. The summed E-state index contributed by atoms with van der Waals surface area (Å²) in [6.45, 7) is 7.60. The number of nitrogens with one attached hydrogen (secondary N) is 1. The van der Waals surface area contributed by atoms with Gasteiger partial charge in [-0.2, -0.15) is 0 Å². The van der Waals surface area contributed by atoms with Gasteiger partial charge in [-0.25, -0.2) is 0 Å². The third kappa shape index (κ3) is 4.50. The molecule has 0 amide bonds.